The largest absolute Gasteiger partial charge is 0.362 e. The molecule has 1 saturated heterocycles. The molecule has 0 radical (unpaired) electrons. The molecule has 7 heteroatoms. The average molecular weight is 315 g/mol. The highest BCUT2D eigenvalue weighted by molar-refractivity contribution is 6.31. The number of rotatable bonds is 2. The zero-order valence-corrected chi connectivity index (χ0v) is 12.5. The van der Waals surface area contributed by atoms with E-state index in [1.54, 1.807) is 6.92 Å². The maximum Gasteiger partial charge on any atom is 0.254 e. The SMILES string of the molecule is CNC(=O)[C@]1(C)CN(C(=O)c2ccc(F)c(Cl)c2)CCO1. The lowest BCUT2D eigenvalue weighted by molar-refractivity contribution is -0.153. The smallest absolute Gasteiger partial charge is 0.254 e. The predicted octanol–water partition coefficient (Wildman–Crippen LogP) is 1.46. The third-order valence-electron chi connectivity index (χ3n) is 3.44. The first-order chi connectivity index (χ1) is 9.87. The molecule has 0 saturated carbocycles. The molecule has 0 aliphatic carbocycles. The summed E-state index contributed by atoms with van der Waals surface area (Å²) in [4.78, 5) is 25.8. The number of benzene rings is 1. The summed E-state index contributed by atoms with van der Waals surface area (Å²) in [6.07, 6.45) is 0. The highest BCUT2D eigenvalue weighted by Gasteiger charge is 2.40. The molecular weight excluding hydrogens is 299 g/mol. The molecule has 0 bridgehead atoms. The monoisotopic (exact) mass is 314 g/mol. The Hall–Kier alpha value is -1.66. The first-order valence-electron chi connectivity index (χ1n) is 6.48. The second kappa shape index (κ2) is 5.99. The summed E-state index contributed by atoms with van der Waals surface area (Å²) >= 11 is 5.69. The number of ether oxygens (including phenoxy) is 1. The Bertz CT molecular complexity index is 581. The van der Waals surface area contributed by atoms with Gasteiger partial charge >= 0.3 is 0 Å². The Kier molecular flexibility index (Phi) is 4.49. The lowest BCUT2D eigenvalue weighted by Crippen LogP contribution is -2.58. The van der Waals surface area contributed by atoms with Gasteiger partial charge in [-0.3, -0.25) is 9.59 Å². The van der Waals surface area contributed by atoms with Crippen molar-refractivity contribution in [1.29, 1.82) is 0 Å². The second-order valence-corrected chi connectivity index (χ2v) is 5.42. The van der Waals surface area contributed by atoms with Crippen LogP contribution in [0.15, 0.2) is 18.2 Å². The number of nitrogens with zero attached hydrogens (tertiary/aromatic N) is 1. The number of morpholine rings is 1. The fourth-order valence-electron chi connectivity index (χ4n) is 2.26. The summed E-state index contributed by atoms with van der Waals surface area (Å²) in [5.41, 5.74) is -0.811. The molecule has 0 aromatic heterocycles. The Balaban J connectivity index is 2.19. The molecule has 1 aromatic carbocycles. The van der Waals surface area contributed by atoms with Gasteiger partial charge in [0, 0.05) is 19.2 Å². The van der Waals surface area contributed by atoms with Crippen molar-refractivity contribution in [2.45, 2.75) is 12.5 Å². The highest BCUT2D eigenvalue weighted by Crippen LogP contribution is 2.22. The van der Waals surface area contributed by atoms with Crippen molar-refractivity contribution in [3.05, 3.63) is 34.6 Å². The number of carbonyl (C=O) groups is 2. The van der Waals surface area contributed by atoms with Crippen molar-refractivity contribution < 1.29 is 18.7 Å². The molecule has 5 nitrogen and oxygen atoms in total. The van der Waals surface area contributed by atoms with Crippen molar-refractivity contribution in [1.82, 2.24) is 10.2 Å². The zero-order chi connectivity index (χ0) is 15.6. The molecule has 2 rings (SSSR count). The summed E-state index contributed by atoms with van der Waals surface area (Å²) in [5, 5.41) is 2.41. The van der Waals surface area contributed by atoms with Crippen LogP contribution in [0.5, 0.6) is 0 Å². The topological polar surface area (TPSA) is 58.6 Å². The van der Waals surface area contributed by atoms with Gasteiger partial charge in [-0.2, -0.15) is 0 Å². The molecule has 1 N–H and O–H groups in total. The number of likely N-dealkylation sites (N-methyl/N-ethyl adjacent to an activating group) is 1. The maximum atomic E-state index is 13.1. The predicted molar refractivity (Wildman–Crippen MR) is 75.7 cm³/mol. The van der Waals surface area contributed by atoms with Gasteiger partial charge < -0.3 is 15.0 Å². The minimum atomic E-state index is -1.09. The van der Waals surface area contributed by atoms with Crippen LogP contribution >= 0.6 is 11.6 Å². The van der Waals surface area contributed by atoms with Gasteiger partial charge in [0.15, 0.2) is 5.60 Å². The van der Waals surface area contributed by atoms with Gasteiger partial charge in [-0.25, -0.2) is 4.39 Å². The second-order valence-electron chi connectivity index (χ2n) is 5.01. The van der Waals surface area contributed by atoms with Crippen molar-refractivity contribution in [2.75, 3.05) is 26.7 Å². The number of nitrogens with one attached hydrogen (secondary N) is 1. The third kappa shape index (κ3) is 3.16. The van der Waals surface area contributed by atoms with Gasteiger partial charge in [-0.1, -0.05) is 11.6 Å². The Morgan fingerprint density at radius 2 is 2.19 bits per heavy atom. The van der Waals surface area contributed by atoms with Gasteiger partial charge in [-0.05, 0) is 25.1 Å². The fraction of sp³-hybridized carbons (Fsp3) is 0.429. The molecule has 0 spiro atoms. The van der Waals surface area contributed by atoms with Crippen LogP contribution in [0.3, 0.4) is 0 Å². The summed E-state index contributed by atoms with van der Waals surface area (Å²) in [5.74, 6) is -1.18. The number of amides is 2. The Morgan fingerprint density at radius 1 is 1.48 bits per heavy atom. The molecule has 1 aliphatic rings. The van der Waals surface area contributed by atoms with Gasteiger partial charge in [0.1, 0.15) is 5.82 Å². The number of hydrogen-bond donors (Lipinski definition) is 1. The standard InChI is InChI=1S/C14H16ClFN2O3/c1-14(13(20)17-2)8-18(5-6-21-14)12(19)9-3-4-11(16)10(15)7-9/h3-4,7H,5-6,8H2,1-2H3,(H,17,20)/t14-/m0/s1. The maximum absolute atomic E-state index is 13.1. The molecule has 1 aromatic rings. The minimum Gasteiger partial charge on any atom is -0.362 e. The van der Waals surface area contributed by atoms with Crippen LogP contribution in [0.4, 0.5) is 4.39 Å². The number of carbonyl (C=O) groups excluding carboxylic acids is 2. The van der Waals surface area contributed by atoms with E-state index in [1.807, 2.05) is 0 Å². The summed E-state index contributed by atoms with van der Waals surface area (Å²) in [6.45, 7) is 2.37. The van der Waals surface area contributed by atoms with E-state index in [0.29, 0.717) is 6.54 Å². The van der Waals surface area contributed by atoms with Gasteiger partial charge in [0.05, 0.1) is 18.2 Å². The first-order valence-corrected chi connectivity index (χ1v) is 6.85. The lowest BCUT2D eigenvalue weighted by Gasteiger charge is -2.39. The molecule has 1 aliphatic heterocycles. The third-order valence-corrected chi connectivity index (χ3v) is 3.73. The summed E-state index contributed by atoms with van der Waals surface area (Å²) in [6, 6.07) is 3.80. The van der Waals surface area contributed by atoms with Crippen LogP contribution in [0, 0.1) is 5.82 Å². The van der Waals surface area contributed by atoms with Crippen LogP contribution in [-0.2, 0) is 9.53 Å². The van der Waals surface area contributed by atoms with E-state index in [4.69, 9.17) is 16.3 Å². The van der Waals surface area contributed by atoms with Crippen LogP contribution in [0.25, 0.3) is 0 Å². The van der Waals surface area contributed by atoms with E-state index in [1.165, 1.54) is 24.1 Å². The van der Waals surface area contributed by atoms with Crippen LogP contribution in [0.1, 0.15) is 17.3 Å². The normalized spacial score (nSPS) is 22.0. The van der Waals surface area contributed by atoms with E-state index in [9.17, 15) is 14.0 Å². The quantitative estimate of drug-likeness (QED) is 0.899. The van der Waals surface area contributed by atoms with Crippen LogP contribution in [-0.4, -0.2) is 49.1 Å². The van der Waals surface area contributed by atoms with Crippen LogP contribution in [0.2, 0.25) is 5.02 Å². The zero-order valence-electron chi connectivity index (χ0n) is 11.8. The van der Waals surface area contributed by atoms with E-state index in [0.717, 1.165) is 6.07 Å². The van der Waals surface area contributed by atoms with Gasteiger partial charge in [0.2, 0.25) is 0 Å². The van der Waals surface area contributed by atoms with Crippen LogP contribution < -0.4 is 5.32 Å². The summed E-state index contributed by atoms with van der Waals surface area (Å²) in [7, 11) is 1.51. The number of hydrogen-bond acceptors (Lipinski definition) is 3. The number of halogens is 2. The van der Waals surface area contributed by atoms with E-state index < -0.39 is 11.4 Å². The van der Waals surface area contributed by atoms with Crippen molar-refractivity contribution in [3.8, 4) is 0 Å². The highest BCUT2D eigenvalue weighted by atomic mass is 35.5. The van der Waals surface area contributed by atoms with E-state index in [2.05, 4.69) is 5.32 Å². The molecule has 1 heterocycles. The lowest BCUT2D eigenvalue weighted by atomic mass is 10.0. The molecule has 114 valence electrons. The Morgan fingerprint density at radius 3 is 2.81 bits per heavy atom. The van der Waals surface area contributed by atoms with E-state index in [-0.39, 0.29) is 35.6 Å². The molecule has 1 fully saturated rings. The van der Waals surface area contributed by atoms with Crippen molar-refractivity contribution in [2.24, 2.45) is 0 Å². The molecule has 1 atom stereocenters. The molecular formula is C14H16ClFN2O3. The summed E-state index contributed by atoms with van der Waals surface area (Å²) < 4.78 is 18.6. The van der Waals surface area contributed by atoms with Gasteiger partial charge in [0.25, 0.3) is 11.8 Å². The van der Waals surface area contributed by atoms with E-state index >= 15 is 0 Å². The molecule has 0 unspecified atom stereocenters. The Labute approximate surface area is 127 Å². The van der Waals surface area contributed by atoms with Crippen molar-refractivity contribution >= 4 is 23.4 Å². The van der Waals surface area contributed by atoms with Gasteiger partial charge in [-0.15, -0.1) is 0 Å². The average Bonchev–Trinajstić information content (AvgIpc) is 2.48. The first kappa shape index (κ1) is 15.7. The molecule has 2 amide bonds. The fourth-order valence-corrected chi connectivity index (χ4v) is 2.44. The minimum absolute atomic E-state index is 0.108. The molecule has 21 heavy (non-hydrogen) atoms. The van der Waals surface area contributed by atoms with Crippen molar-refractivity contribution in [3.63, 3.8) is 0 Å².